The van der Waals surface area contributed by atoms with Gasteiger partial charge in [0.15, 0.2) is 23.0 Å². The fourth-order valence-corrected chi connectivity index (χ4v) is 6.28. The number of hydrogen-bond donors (Lipinski definition) is 0. The molecule has 224 valence electrons. The van der Waals surface area contributed by atoms with Crippen molar-refractivity contribution in [2.45, 2.75) is 77.5 Å². The zero-order valence-electron chi connectivity index (χ0n) is 24.3. The molecule has 0 aliphatic carbocycles. The standard InChI is InChI=1S/C32H32N8O4/c41-29-25-27-35-31(43)39(29)19-11-3-4-12-20-40-30(42)26-28(36-32(40)44)38(24-16-8-6-14-22(24)34-26)18-10-2-1-9-17-37(27)23-15-7-5-13-21(23)33-25/h5-8,13-16H,1-4,9-12,17-20H2. The van der Waals surface area contributed by atoms with E-state index in [0.717, 1.165) is 36.7 Å². The molecule has 8 heterocycles. The Kier molecular flexibility index (Phi) is 7.32. The number of hydrogen-bond acceptors (Lipinski definition) is 8. The van der Waals surface area contributed by atoms with Gasteiger partial charge in [-0.05, 0) is 49.9 Å². The lowest BCUT2D eigenvalue weighted by molar-refractivity contribution is 0.504. The van der Waals surface area contributed by atoms with E-state index >= 15 is 0 Å². The van der Waals surface area contributed by atoms with E-state index in [9.17, 15) is 19.2 Å². The molecule has 0 radical (unpaired) electrons. The van der Waals surface area contributed by atoms with Crippen molar-refractivity contribution in [1.29, 1.82) is 0 Å². The Balaban J connectivity index is 1.27. The maximum atomic E-state index is 13.5. The maximum Gasteiger partial charge on any atom is 0.352 e. The molecular weight excluding hydrogens is 560 g/mol. The van der Waals surface area contributed by atoms with Gasteiger partial charge in [0.25, 0.3) is 11.1 Å². The Morgan fingerprint density at radius 1 is 0.432 bits per heavy atom. The Bertz CT molecular complexity index is 2040. The number of nitrogens with zero attached hydrogens (tertiary/aromatic N) is 8. The van der Waals surface area contributed by atoms with Crippen molar-refractivity contribution in [3.8, 4) is 23.0 Å². The van der Waals surface area contributed by atoms with Gasteiger partial charge >= 0.3 is 11.4 Å². The van der Waals surface area contributed by atoms with Crippen LogP contribution in [0.25, 0.3) is 45.1 Å². The van der Waals surface area contributed by atoms with Crippen molar-refractivity contribution in [2.24, 2.45) is 0 Å². The number of para-hydroxylation sites is 4. The number of benzene rings is 2. The monoisotopic (exact) mass is 592 g/mol. The number of fused-ring (bicyclic) bond motifs is 2. The SMILES string of the molecule is O=c1nc2n3c4ccccc4nc-2c(=O)n1CCCCCCn1c(=O)nc2n(c4ccccc4nc-2c1=O)CCCCCC3. The molecule has 8 bridgehead atoms. The molecule has 0 fully saturated rings. The van der Waals surface area contributed by atoms with Gasteiger partial charge in [0.05, 0.1) is 22.1 Å². The number of rotatable bonds is 0. The zero-order chi connectivity index (χ0) is 30.2. The van der Waals surface area contributed by atoms with Crippen LogP contribution in [-0.2, 0) is 26.2 Å². The minimum atomic E-state index is -0.574. The van der Waals surface area contributed by atoms with Crippen LogP contribution in [0.15, 0.2) is 67.7 Å². The third kappa shape index (κ3) is 4.89. The van der Waals surface area contributed by atoms with Gasteiger partial charge in [-0.3, -0.25) is 18.7 Å². The van der Waals surface area contributed by atoms with Crippen molar-refractivity contribution in [3.63, 3.8) is 0 Å². The van der Waals surface area contributed by atoms with Crippen LogP contribution in [0, 0.1) is 0 Å². The molecule has 8 aliphatic rings. The van der Waals surface area contributed by atoms with Crippen molar-refractivity contribution in [2.75, 3.05) is 0 Å². The Morgan fingerprint density at radius 3 is 1.20 bits per heavy atom. The molecule has 0 unspecified atom stereocenters. The lowest BCUT2D eigenvalue weighted by atomic mass is 10.1. The molecule has 0 atom stereocenters. The average molecular weight is 593 g/mol. The summed E-state index contributed by atoms with van der Waals surface area (Å²) < 4.78 is 6.22. The molecule has 0 saturated carbocycles. The summed E-state index contributed by atoms with van der Waals surface area (Å²) in [7, 11) is 0. The summed E-state index contributed by atoms with van der Waals surface area (Å²) in [5.74, 6) is 0.650. The van der Waals surface area contributed by atoms with E-state index in [1.807, 2.05) is 57.7 Å². The molecule has 0 N–H and O–H groups in total. The van der Waals surface area contributed by atoms with Crippen LogP contribution in [0.4, 0.5) is 0 Å². The molecule has 12 heteroatoms. The van der Waals surface area contributed by atoms with Gasteiger partial charge in [-0.2, -0.15) is 9.97 Å². The third-order valence-electron chi connectivity index (χ3n) is 8.53. The molecule has 2 aromatic rings. The highest BCUT2D eigenvalue weighted by molar-refractivity contribution is 5.80. The summed E-state index contributed by atoms with van der Waals surface area (Å²) in [6, 6.07) is 15.2. The van der Waals surface area contributed by atoms with Crippen molar-refractivity contribution < 1.29 is 0 Å². The van der Waals surface area contributed by atoms with Crippen LogP contribution in [0.3, 0.4) is 0 Å². The molecule has 44 heavy (non-hydrogen) atoms. The Hall–Kier alpha value is -5.00. The molecule has 0 aromatic heterocycles. The predicted molar refractivity (Wildman–Crippen MR) is 166 cm³/mol. The van der Waals surface area contributed by atoms with Gasteiger partial charge in [0.1, 0.15) is 0 Å². The topological polar surface area (TPSA) is 140 Å². The van der Waals surface area contributed by atoms with Gasteiger partial charge in [0, 0.05) is 26.2 Å². The lowest BCUT2D eigenvalue weighted by Crippen LogP contribution is -2.39. The molecule has 12 nitrogen and oxygen atoms in total. The van der Waals surface area contributed by atoms with E-state index in [-0.39, 0.29) is 24.5 Å². The molecule has 10 rings (SSSR count). The average Bonchev–Trinajstić information content (AvgIpc) is 3.02. The van der Waals surface area contributed by atoms with E-state index in [1.165, 1.54) is 9.13 Å². The highest BCUT2D eigenvalue weighted by Crippen LogP contribution is 2.24. The summed E-state index contributed by atoms with van der Waals surface area (Å²) in [6.07, 6.45) is 5.87. The highest BCUT2D eigenvalue weighted by Gasteiger charge is 2.23. The van der Waals surface area contributed by atoms with Crippen LogP contribution in [0.5, 0.6) is 0 Å². The van der Waals surface area contributed by atoms with Gasteiger partial charge in [-0.25, -0.2) is 19.6 Å². The second-order valence-corrected chi connectivity index (χ2v) is 11.4. The van der Waals surface area contributed by atoms with E-state index in [4.69, 9.17) is 0 Å². The largest absolute Gasteiger partial charge is 0.352 e. The third-order valence-corrected chi connectivity index (χ3v) is 8.53. The minimum Gasteiger partial charge on any atom is -0.322 e. The summed E-state index contributed by atoms with van der Waals surface area (Å²) in [4.78, 5) is 71.0. The molecule has 2 aromatic carbocycles. The number of aryl methyl sites for hydroxylation is 2. The smallest absolute Gasteiger partial charge is 0.322 e. The zero-order valence-corrected chi connectivity index (χ0v) is 24.3. The number of aromatic nitrogens is 8. The molecule has 0 amide bonds. The van der Waals surface area contributed by atoms with Crippen molar-refractivity contribution in [3.05, 3.63) is 90.2 Å². The van der Waals surface area contributed by atoms with E-state index in [1.54, 1.807) is 0 Å². The minimum absolute atomic E-state index is 0.202. The van der Waals surface area contributed by atoms with Gasteiger partial charge < -0.3 is 9.13 Å². The fraction of sp³-hybridized carbons (Fsp3) is 0.375. The van der Waals surface area contributed by atoms with Gasteiger partial charge in [-0.1, -0.05) is 49.9 Å². The van der Waals surface area contributed by atoms with Crippen molar-refractivity contribution >= 4 is 22.1 Å². The van der Waals surface area contributed by atoms with E-state index < -0.39 is 22.5 Å². The van der Waals surface area contributed by atoms with E-state index in [0.29, 0.717) is 61.5 Å². The first-order chi connectivity index (χ1) is 21.5. The van der Waals surface area contributed by atoms with Crippen molar-refractivity contribution in [1.82, 2.24) is 38.2 Å². The summed E-state index contributed by atoms with van der Waals surface area (Å²) in [6.45, 7) is 1.58. The highest BCUT2D eigenvalue weighted by atomic mass is 16.2. The fourth-order valence-electron chi connectivity index (χ4n) is 6.28. The maximum absolute atomic E-state index is 13.5. The Labute approximate surface area is 251 Å². The summed E-state index contributed by atoms with van der Waals surface area (Å²) >= 11 is 0. The van der Waals surface area contributed by atoms with Crippen LogP contribution in [0.2, 0.25) is 0 Å². The molecule has 0 spiro atoms. The quantitative estimate of drug-likeness (QED) is 0.245. The summed E-state index contributed by atoms with van der Waals surface area (Å²) in [5.41, 5.74) is 1.43. The van der Waals surface area contributed by atoms with E-state index in [2.05, 4.69) is 19.9 Å². The van der Waals surface area contributed by atoms with Gasteiger partial charge in [-0.15, -0.1) is 0 Å². The Morgan fingerprint density at radius 2 is 0.795 bits per heavy atom. The van der Waals surface area contributed by atoms with Crippen LogP contribution in [0.1, 0.15) is 51.4 Å². The summed E-state index contributed by atoms with van der Waals surface area (Å²) in [5, 5.41) is 0. The van der Waals surface area contributed by atoms with Crippen LogP contribution in [-0.4, -0.2) is 38.2 Å². The first kappa shape index (κ1) is 27.8. The van der Waals surface area contributed by atoms with Crippen LogP contribution >= 0.6 is 0 Å². The second-order valence-electron chi connectivity index (χ2n) is 11.4. The first-order valence-corrected chi connectivity index (χ1v) is 15.3. The normalized spacial score (nSPS) is 15.5. The predicted octanol–water partition coefficient (Wildman–Crippen LogP) is 3.26. The van der Waals surface area contributed by atoms with Gasteiger partial charge in [0.2, 0.25) is 0 Å². The second kappa shape index (κ2) is 11.6. The van der Waals surface area contributed by atoms with Crippen LogP contribution < -0.4 is 22.5 Å². The molecule has 8 aliphatic heterocycles. The molecular formula is C32H32N8O4. The first-order valence-electron chi connectivity index (χ1n) is 15.3. The lowest BCUT2D eigenvalue weighted by Gasteiger charge is -2.19. The molecule has 0 saturated heterocycles.